The largest absolute Gasteiger partial charge is 0.496 e. The summed E-state index contributed by atoms with van der Waals surface area (Å²) < 4.78 is 34.4. The molecule has 0 spiro atoms. The minimum atomic E-state index is -0.478. The minimum Gasteiger partial charge on any atom is -0.496 e. The molecule has 0 N–H and O–H groups in total. The Hall–Kier alpha value is -5.24. The van der Waals surface area contributed by atoms with Gasteiger partial charge < -0.3 is 28.4 Å². The molecule has 0 radical (unpaired) electrons. The summed E-state index contributed by atoms with van der Waals surface area (Å²) in [5.74, 6) is 2.83. The van der Waals surface area contributed by atoms with Crippen LogP contribution in [0.15, 0.2) is 66.7 Å². The maximum absolute atomic E-state index is 13.4. The molecule has 258 valence electrons. The third kappa shape index (κ3) is 5.47. The van der Waals surface area contributed by atoms with Gasteiger partial charge in [-0.15, -0.1) is 0 Å². The zero-order valence-corrected chi connectivity index (χ0v) is 29.1. The molecule has 0 saturated carbocycles. The van der Waals surface area contributed by atoms with E-state index in [9.17, 15) is 10.1 Å². The van der Waals surface area contributed by atoms with E-state index in [1.807, 2.05) is 54.6 Å². The highest BCUT2D eigenvalue weighted by atomic mass is 16.5. The fourth-order valence-electron chi connectivity index (χ4n) is 8.33. The van der Waals surface area contributed by atoms with Crippen molar-refractivity contribution in [3.05, 3.63) is 94.6 Å². The van der Waals surface area contributed by atoms with Crippen LogP contribution in [0.2, 0.25) is 0 Å². The van der Waals surface area contributed by atoms with Crippen molar-refractivity contribution < 1.29 is 33.2 Å². The molecule has 1 unspecified atom stereocenters. The van der Waals surface area contributed by atoms with Gasteiger partial charge in [0.1, 0.15) is 18.4 Å². The molecule has 0 aromatic heterocycles. The van der Waals surface area contributed by atoms with E-state index in [0.29, 0.717) is 35.8 Å². The Kier molecular flexibility index (Phi) is 9.03. The van der Waals surface area contributed by atoms with Crippen molar-refractivity contribution in [2.24, 2.45) is 0 Å². The SMILES string of the molecule is COc1cc2c(cc1OC)[C@@H]1C3Cc4cc(OC)c(OC)cc4[C@H](COC(=O)/C=C/c4ccc(OC)c5ccccc45)N3[C@@H](C#N)[C@H](C2)N1C. The van der Waals surface area contributed by atoms with Crippen molar-refractivity contribution in [3.8, 4) is 34.8 Å². The molecular weight excluding hydrogens is 634 g/mol. The fourth-order valence-corrected chi connectivity index (χ4v) is 8.33. The lowest BCUT2D eigenvalue weighted by atomic mass is 9.72. The lowest BCUT2D eigenvalue weighted by Gasteiger charge is -2.59. The van der Waals surface area contributed by atoms with Gasteiger partial charge in [-0.1, -0.05) is 30.3 Å². The third-order valence-electron chi connectivity index (χ3n) is 10.6. The second-order valence-corrected chi connectivity index (χ2v) is 12.9. The predicted molar refractivity (Wildman–Crippen MR) is 189 cm³/mol. The van der Waals surface area contributed by atoms with Gasteiger partial charge in [0.15, 0.2) is 23.0 Å². The van der Waals surface area contributed by atoms with Crippen LogP contribution >= 0.6 is 0 Å². The first kappa shape index (κ1) is 33.3. The molecule has 2 bridgehead atoms. The Morgan fingerprint density at radius 3 is 2.00 bits per heavy atom. The monoisotopic (exact) mass is 675 g/mol. The average molecular weight is 676 g/mol. The number of carbonyl (C=O) groups is 1. The first-order valence-corrected chi connectivity index (χ1v) is 16.6. The molecule has 1 saturated heterocycles. The summed E-state index contributed by atoms with van der Waals surface area (Å²) in [6.45, 7) is 0.0473. The number of likely N-dealkylation sites (N-methyl/N-ethyl adjacent to an activating group) is 1. The normalized spacial score (nSPS) is 22.5. The van der Waals surface area contributed by atoms with Crippen LogP contribution in [0.1, 0.15) is 39.9 Å². The van der Waals surface area contributed by atoms with Crippen LogP contribution in [-0.4, -0.2) is 83.1 Å². The van der Waals surface area contributed by atoms with Crippen LogP contribution in [0.5, 0.6) is 28.7 Å². The van der Waals surface area contributed by atoms with E-state index >= 15 is 0 Å². The molecule has 10 heteroatoms. The number of rotatable bonds is 9. The molecule has 3 aliphatic rings. The zero-order valence-electron chi connectivity index (χ0n) is 29.1. The van der Waals surface area contributed by atoms with Crippen LogP contribution in [0.25, 0.3) is 16.8 Å². The van der Waals surface area contributed by atoms with Crippen molar-refractivity contribution in [3.63, 3.8) is 0 Å². The number of hydrogen-bond acceptors (Lipinski definition) is 10. The molecule has 5 atom stereocenters. The van der Waals surface area contributed by atoms with Gasteiger partial charge in [-0.2, -0.15) is 5.26 Å². The van der Waals surface area contributed by atoms with E-state index < -0.39 is 18.1 Å². The molecule has 3 aliphatic heterocycles. The van der Waals surface area contributed by atoms with Crippen LogP contribution < -0.4 is 23.7 Å². The van der Waals surface area contributed by atoms with Crippen molar-refractivity contribution in [2.75, 3.05) is 49.2 Å². The highest BCUT2D eigenvalue weighted by Gasteiger charge is 2.54. The fraction of sp³-hybridized carbons (Fsp3) is 0.350. The molecule has 4 aromatic carbocycles. The number of nitriles is 1. The highest BCUT2D eigenvalue weighted by molar-refractivity contribution is 5.97. The van der Waals surface area contributed by atoms with Crippen LogP contribution in [0.3, 0.4) is 0 Å². The number of nitrogens with zero attached hydrogens (tertiary/aromatic N) is 3. The van der Waals surface area contributed by atoms with Gasteiger partial charge >= 0.3 is 5.97 Å². The third-order valence-corrected chi connectivity index (χ3v) is 10.6. The van der Waals surface area contributed by atoms with Gasteiger partial charge in [0.25, 0.3) is 0 Å². The Balaban J connectivity index is 1.26. The van der Waals surface area contributed by atoms with E-state index in [4.69, 9.17) is 28.4 Å². The molecule has 50 heavy (non-hydrogen) atoms. The van der Waals surface area contributed by atoms with E-state index in [1.165, 1.54) is 6.08 Å². The van der Waals surface area contributed by atoms with Crippen LogP contribution in [-0.2, 0) is 22.4 Å². The number of hydrogen-bond donors (Lipinski definition) is 0. The maximum atomic E-state index is 13.4. The molecule has 10 nitrogen and oxygen atoms in total. The first-order valence-electron chi connectivity index (χ1n) is 16.6. The number of fused-ring (bicyclic) bond motifs is 8. The summed E-state index contributed by atoms with van der Waals surface area (Å²) in [5.41, 5.74) is 5.17. The van der Waals surface area contributed by atoms with Gasteiger partial charge in [-0.3, -0.25) is 9.80 Å². The smallest absolute Gasteiger partial charge is 0.330 e. The van der Waals surface area contributed by atoms with E-state index in [2.05, 4.69) is 29.0 Å². The summed E-state index contributed by atoms with van der Waals surface area (Å²) in [6.07, 6.45) is 4.54. The van der Waals surface area contributed by atoms with E-state index in [1.54, 1.807) is 41.6 Å². The lowest BCUT2D eigenvalue weighted by Crippen LogP contribution is -2.68. The number of benzene rings is 4. The topological polar surface area (TPSA) is 103 Å². The molecule has 3 heterocycles. The summed E-state index contributed by atoms with van der Waals surface area (Å²) in [5, 5.41) is 12.7. The Bertz CT molecular complexity index is 2020. The van der Waals surface area contributed by atoms with Crippen molar-refractivity contribution in [2.45, 2.75) is 43.1 Å². The summed E-state index contributed by atoms with van der Waals surface area (Å²) in [7, 11) is 10.3. The highest BCUT2D eigenvalue weighted by Crippen LogP contribution is 2.52. The Morgan fingerprint density at radius 2 is 1.36 bits per heavy atom. The van der Waals surface area contributed by atoms with Crippen molar-refractivity contribution >= 4 is 22.8 Å². The van der Waals surface area contributed by atoms with Gasteiger partial charge in [0, 0.05) is 23.5 Å². The summed E-state index contributed by atoms with van der Waals surface area (Å²) >= 11 is 0. The molecule has 7 rings (SSSR count). The molecular formula is C40H41N3O7. The first-order chi connectivity index (χ1) is 24.3. The van der Waals surface area contributed by atoms with E-state index in [0.717, 1.165) is 44.3 Å². The number of carbonyl (C=O) groups excluding carboxylic acids is 1. The zero-order chi connectivity index (χ0) is 35.1. The summed E-state index contributed by atoms with van der Waals surface area (Å²) in [6, 6.07) is 21.3. The molecule has 0 amide bonds. The van der Waals surface area contributed by atoms with Gasteiger partial charge in [0.2, 0.25) is 0 Å². The number of piperazine rings is 1. The van der Waals surface area contributed by atoms with Crippen molar-refractivity contribution in [1.82, 2.24) is 9.80 Å². The lowest BCUT2D eigenvalue weighted by molar-refractivity contribution is -0.143. The van der Waals surface area contributed by atoms with Gasteiger partial charge in [0.05, 0.1) is 53.7 Å². The molecule has 4 aromatic rings. The minimum absolute atomic E-state index is 0.0473. The van der Waals surface area contributed by atoms with Gasteiger partial charge in [-0.05, 0) is 89.5 Å². The van der Waals surface area contributed by atoms with E-state index in [-0.39, 0.29) is 24.7 Å². The number of methoxy groups -OCH3 is 5. The number of esters is 1. The maximum Gasteiger partial charge on any atom is 0.330 e. The molecule has 0 aliphatic carbocycles. The van der Waals surface area contributed by atoms with Crippen LogP contribution in [0, 0.1) is 11.3 Å². The van der Waals surface area contributed by atoms with Crippen LogP contribution in [0.4, 0.5) is 0 Å². The summed E-state index contributed by atoms with van der Waals surface area (Å²) in [4.78, 5) is 18.0. The van der Waals surface area contributed by atoms with Gasteiger partial charge in [-0.25, -0.2) is 4.79 Å². The molecule has 1 fully saturated rings. The van der Waals surface area contributed by atoms with Crippen molar-refractivity contribution in [1.29, 1.82) is 5.26 Å². The quantitative estimate of drug-likeness (QED) is 0.157. The average Bonchev–Trinajstić information content (AvgIpc) is 3.14. The number of ether oxygens (including phenoxy) is 6. The predicted octanol–water partition coefficient (Wildman–Crippen LogP) is 5.91. The Labute approximate surface area is 292 Å². The second-order valence-electron chi connectivity index (χ2n) is 12.9. The Morgan fingerprint density at radius 1 is 0.780 bits per heavy atom. The standard InChI is InChI=1S/C40H41N3O7/c1-42-30-15-25-18-36(47-4)38(49-6)20-29(25)40(42)31-16-24-17-35(46-3)37(48-5)19-28(24)33(43(31)32(30)21-41)22-50-39(44)14-12-23-11-13-34(45-2)27-10-8-7-9-26(23)27/h7-14,17-20,30-33,40H,15-16,22H2,1-6H3/b14-12+/t30-,31?,32-,33-,40+/m0/s1. The second kappa shape index (κ2) is 13.6.